The van der Waals surface area contributed by atoms with Crippen molar-refractivity contribution in [2.45, 2.75) is 37.3 Å². The first-order valence-electron chi connectivity index (χ1n) is 7.80. The van der Waals surface area contributed by atoms with Crippen LogP contribution in [0.1, 0.15) is 25.7 Å². The summed E-state index contributed by atoms with van der Waals surface area (Å²) < 4.78 is 22.7. The summed E-state index contributed by atoms with van der Waals surface area (Å²) in [5.74, 6) is -1.12. The van der Waals surface area contributed by atoms with E-state index >= 15 is 0 Å². The molecule has 5 heteroatoms. The van der Waals surface area contributed by atoms with Gasteiger partial charge in [-0.2, -0.15) is 0 Å². The van der Waals surface area contributed by atoms with Gasteiger partial charge in [-0.15, -0.1) is 0 Å². The Bertz CT molecular complexity index is 436. The minimum absolute atomic E-state index is 0.576. The lowest BCUT2D eigenvalue weighted by Gasteiger charge is -2.49. The molecular formula is C17H27NO4. The number of methoxy groups -OCH3 is 3. The molecule has 0 amide bonds. The molecular weight excluding hydrogens is 282 g/mol. The maximum Gasteiger partial charge on any atom is 0.313 e. The van der Waals surface area contributed by atoms with Crippen molar-refractivity contribution < 1.29 is 18.9 Å². The van der Waals surface area contributed by atoms with E-state index in [9.17, 15) is 0 Å². The molecule has 1 N–H and O–H groups in total. The fourth-order valence-electron chi connectivity index (χ4n) is 3.19. The van der Waals surface area contributed by atoms with Gasteiger partial charge >= 0.3 is 5.97 Å². The van der Waals surface area contributed by atoms with Crippen LogP contribution < -0.4 is 5.32 Å². The van der Waals surface area contributed by atoms with Gasteiger partial charge < -0.3 is 24.3 Å². The highest BCUT2D eigenvalue weighted by Crippen LogP contribution is 2.42. The third-order valence-electron chi connectivity index (χ3n) is 4.36. The van der Waals surface area contributed by atoms with Gasteiger partial charge in [-0.25, -0.2) is 0 Å². The molecule has 22 heavy (non-hydrogen) atoms. The molecule has 1 aliphatic rings. The van der Waals surface area contributed by atoms with Gasteiger partial charge in [-0.3, -0.25) is 0 Å². The largest absolute Gasteiger partial charge is 0.385 e. The van der Waals surface area contributed by atoms with Gasteiger partial charge in [0.25, 0.3) is 0 Å². The van der Waals surface area contributed by atoms with E-state index in [4.69, 9.17) is 18.9 Å². The van der Waals surface area contributed by atoms with Crippen molar-refractivity contribution in [1.29, 1.82) is 0 Å². The Hall–Kier alpha value is -1.14. The second-order valence-corrected chi connectivity index (χ2v) is 5.51. The molecule has 1 unspecified atom stereocenters. The average Bonchev–Trinajstić information content (AvgIpc) is 2.60. The van der Waals surface area contributed by atoms with Crippen LogP contribution in [0.25, 0.3) is 0 Å². The Morgan fingerprint density at radius 3 is 2.45 bits per heavy atom. The lowest BCUT2D eigenvalue weighted by molar-refractivity contribution is -0.445. The quantitative estimate of drug-likeness (QED) is 0.591. The van der Waals surface area contributed by atoms with E-state index < -0.39 is 11.6 Å². The molecule has 0 spiro atoms. The predicted octanol–water partition coefficient (Wildman–Crippen LogP) is 3.02. The maximum atomic E-state index is 5.83. The topological polar surface area (TPSA) is 49.0 Å². The highest BCUT2D eigenvalue weighted by atomic mass is 16.9. The van der Waals surface area contributed by atoms with Crippen LogP contribution in [0.2, 0.25) is 0 Å². The van der Waals surface area contributed by atoms with Crippen LogP contribution in [0, 0.1) is 0 Å². The monoisotopic (exact) mass is 309 g/mol. The molecule has 124 valence electrons. The zero-order valence-electron chi connectivity index (χ0n) is 13.8. The zero-order valence-corrected chi connectivity index (χ0v) is 13.8. The summed E-state index contributed by atoms with van der Waals surface area (Å²) in [6, 6.07) is 10.2. The van der Waals surface area contributed by atoms with Crippen molar-refractivity contribution >= 4 is 5.69 Å². The van der Waals surface area contributed by atoms with Gasteiger partial charge in [0.1, 0.15) is 5.60 Å². The Morgan fingerprint density at radius 1 is 1.09 bits per heavy atom. The third-order valence-corrected chi connectivity index (χ3v) is 4.36. The molecule has 0 bridgehead atoms. The van der Waals surface area contributed by atoms with Gasteiger partial charge in [0.15, 0.2) is 0 Å². The molecule has 1 atom stereocenters. The summed E-state index contributed by atoms with van der Waals surface area (Å²) in [6.45, 7) is 1.48. The summed E-state index contributed by atoms with van der Waals surface area (Å²) in [7, 11) is 4.90. The van der Waals surface area contributed by atoms with Gasteiger partial charge in [0.05, 0.1) is 6.61 Å². The SMILES string of the molecule is COC1(CCCNc2ccccc2)CCCOC1(OC)OC. The molecule has 5 nitrogen and oxygen atoms in total. The molecule has 1 aromatic carbocycles. The van der Waals surface area contributed by atoms with Crippen molar-refractivity contribution in [2.75, 3.05) is 39.8 Å². The number of ether oxygens (including phenoxy) is 4. The minimum Gasteiger partial charge on any atom is -0.385 e. The number of hydrogen-bond donors (Lipinski definition) is 1. The van der Waals surface area contributed by atoms with E-state index in [-0.39, 0.29) is 0 Å². The molecule has 1 heterocycles. The lowest BCUT2D eigenvalue weighted by Crippen LogP contribution is -2.62. The second kappa shape index (κ2) is 7.92. The highest BCUT2D eigenvalue weighted by molar-refractivity contribution is 5.42. The molecule has 1 saturated heterocycles. The van der Waals surface area contributed by atoms with Gasteiger partial charge in [0.2, 0.25) is 0 Å². The minimum atomic E-state index is -1.12. The van der Waals surface area contributed by atoms with Gasteiger partial charge in [-0.1, -0.05) is 18.2 Å². The number of benzene rings is 1. The first kappa shape index (κ1) is 17.2. The summed E-state index contributed by atoms with van der Waals surface area (Å²) in [6.07, 6.45) is 3.52. The molecule has 1 fully saturated rings. The Balaban J connectivity index is 1.94. The molecule has 0 saturated carbocycles. The Morgan fingerprint density at radius 2 is 1.82 bits per heavy atom. The van der Waals surface area contributed by atoms with Crippen molar-refractivity contribution in [2.24, 2.45) is 0 Å². The first-order chi connectivity index (χ1) is 10.7. The molecule has 1 aromatic rings. The number of rotatable bonds is 8. The molecule has 2 rings (SSSR count). The summed E-state index contributed by atoms with van der Waals surface area (Å²) in [5, 5.41) is 3.41. The molecule has 1 aliphatic heterocycles. The second-order valence-electron chi connectivity index (χ2n) is 5.51. The fourth-order valence-corrected chi connectivity index (χ4v) is 3.19. The van der Waals surface area contributed by atoms with Crippen molar-refractivity contribution in [3.63, 3.8) is 0 Å². The smallest absolute Gasteiger partial charge is 0.313 e. The van der Waals surface area contributed by atoms with Crippen LogP contribution >= 0.6 is 0 Å². The summed E-state index contributed by atoms with van der Waals surface area (Å²) >= 11 is 0. The Labute approximate surface area is 132 Å². The first-order valence-corrected chi connectivity index (χ1v) is 7.80. The van der Waals surface area contributed by atoms with Gasteiger partial charge in [-0.05, 0) is 37.8 Å². The number of hydrogen-bond acceptors (Lipinski definition) is 5. The van der Waals surface area contributed by atoms with Crippen LogP contribution in [0.3, 0.4) is 0 Å². The Kier molecular flexibility index (Phi) is 6.20. The molecule has 0 aliphatic carbocycles. The van der Waals surface area contributed by atoms with Crippen LogP contribution in [0.15, 0.2) is 30.3 Å². The highest BCUT2D eigenvalue weighted by Gasteiger charge is 2.56. The van der Waals surface area contributed by atoms with E-state index in [2.05, 4.69) is 17.4 Å². The standard InChI is InChI=1S/C17H27NO4/c1-19-16(12-8-14-22-17(16,20-2)21-3)11-7-13-18-15-9-5-4-6-10-15/h4-6,9-10,18H,7-8,11-14H2,1-3H3. The van der Waals surface area contributed by atoms with Crippen molar-refractivity contribution in [3.8, 4) is 0 Å². The lowest BCUT2D eigenvalue weighted by atomic mass is 9.87. The van der Waals surface area contributed by atoms with Crippen LogP contribution in [0.4, 0.5) is 5.69 Å². The van der Waals surface area contributed by atoms with E-state index in [1.54, 1.807) is 21.3 Å². The average molecular weight is 309 g/mol. The predicted molar refractivity (Wildman–Crippen MR) is 85.8 cm³/mol. The van der Waals surface area contributed by atoms with E-state index in [0.29, 0.717) is 6.61 Å². The summed E-state index contributed by atoms with van der Waals surface area (Å²) in [5.41, 5.74) is 0.547. The van der Waals surface area contributed by atoms with E-state index in [0.717, 1.165) is 37.9 Å². The summed E-state index contributed by atoms with van der Waals surface area (Å²) in [4.78, 5) is 0. The van der Waals surface area contributed by atoms with E-state index in [1.807, 2.05) is 18.2 Å². The van der Waals surface area contributed by atoms with Crippen LogP contribution in [-0.2, 0) is 18.9 Å². The number of anilines is 1. The fraction of sp³-hybridized carbons (Fsp3) is 0.647. The zero-order chi connectivity index (χ0) is 15.9. The van der Waals surface area contributed by atoms with Crippen LogP contribution in [-0.4, -0.2) is 46.1 Å². The number of nitrogens with one attached hydrogen (secondary N) is 1. The van der Waals surface area contributed by atoms with Crippen molar-refractivity contribution in [3.05, 3.63) is 30.3 Å². The van der Waals surface area contributed by atoms with Crippen molar-refractivity contribution in [1.82, 2.24) is 0 Å². The van der Waals surface area contributed by atoms with E-state index in [1.165, 1.54) is 0 Å². The molecule has 0 aromatic heterocycles. The third kappa shape index (κ3) is 3.43. The van der Waals surface area contributed by atoms with Gasteiger partial charge in [0, 0.05) is 33.6 Å². The van der Waals surface area contributed by atoms with Crippen LogP contribution in [0.5, 0.6) is 0 Å². The normalized spacial score (nSPS) is 24.1. The molecule has 0 radical (unpaired) electrons. The maximum absolute atomic E-state index is 5.83. The number of para-hydroxylation sites is 1.